The van der Waals surface area contributed by atoms with E-state index in [1.165, 1.54) is 18.2 Å². The van der Waals surface area contributed by atoms with Gasteiger partial charge in [-0.2, -0.15) is 0 Å². The van der Waals surface area contributed by atoms with Crippen LogP contribution in [0.4, 0.5) is 5.69 Å². The van der Waals surface area contributed by atoms with Gasteiger partial charge in [-0.1, -0.05) is 12.1 Å². The molecule has 4 rings (SSSR count). The average molecular weight is 341 g/mol. The molecule has 1 aromatic carbocycles. The maximum absolute atomic E-state index is 12.8. The van der Waals surface area contributed by atoms with E-state index in [0.717, 1.165) is 25.0 Å². The van der Waals surface area contributed by atoms with Crippen LogP contribution in [-0.2, 0) is 12.8 Å². The molecule has 2 heterocycles. The van der Waals surface area contributed by atoms with Crippen LogP contribution in [0.15, 0.2) is 35.3 Å². The molecule has 0 bridgehead atoms. The Hall–Kier alpha value is -2.67. The summed E-state index contributed by atoms with van der Waals surface area (Å²) < 4.78 is 6.82. The molecule has 0 unspecified atom stereocenters. The van der Waals surface area contributed by atoms with Gasteiger partial charge in [0.1, 0.15) is 11.4 Å². The zero-order valence-electron chi connectivity index (χ0n) is 13.0. The molecule has 0 aliphatic heterocycles. The molecule has 1 amide bonds. The van der Waals surface area contributed by atoms with Crippen molar-refractivity contribution in [2.75, 3.05) is 12.4 Å². The molecule has 1 aliphatic carbocycles. The van der Waals surface area contributed by atoms with Crippen LogP contribution in [-0.4, -0.2) is 22.4 Å². The van der Waals surface area contributed by atoms with Crippen LogP contribution in [0.2, 0.25) is 0 Å². The predicted octanol–water partition coefficient (Wildman–Crippen LogP) is 2.51. The molecule has 3 aromatic rings. The number of benzene rings is 1. The number of aryl methyl sites for hydroxylation is 2. The van der Waals surface area contributed by atoms with E-state index in [0.29, 0.717) is 16.3 Å². The number of anilines is 1. The largest absolute Gasteiger partial charge is 0.496 e. The average Bonchev–Trinajstić information content (AvgIpc) is 3.18. The van der Waals surface area contributed by atoms with Crippen molar-refractivity contribution in [2.45, 2.75) is 19.3 Å². The summed E-state index contributed by atoms with van der Waals surface area (Å²) in [5, 5.41) is 2.66. The zero-order valence-corrected chi connectivity index (χ0v) is 13.9. The highest BCUT2D eigenvalue weighted by molar-refractivity contribution is 7.17. The van der Waals surface area contributed by atoms with Gasteiger partial charge in [-0.3, -0.25) is 14.0 Å². The minimum absolute atomic E-state index is 0.177. The third-order valence-electron chi connectivity index (χ3n) is 4.15. The van der Waals surface area contributed by atoms with Crippen LogP contribution in [0.5, 0.6) is 5.75 Å². The summed E-state index contributed by atoms with van der Waals surface area (Å²) in [6.07, 6.45) is 4.35. The monoisotopic (exact) mass is 341 g/mol. The van der Waals surface area contributed by atoms with E-state index >= 15 is 0 Å². The Balaban J connectivity index is 1.74. The Morgan fingerprint density at radius 3 is 3.00 bits per heavy atom. The second kappa shape index (κ2) is 5.76. The third-order valence-corrected chi connectivity index (χ3v) is 5.31. The van der Waals surface area contributed by atoms with E-state index in [9.17, 15) is 9.59 Å². The summed E-state index contributed by atoms with van der Waals surface area (Å²) in [5.41, 5.74) is 1.35. The van der Waals surface area contributed by atoms with Crippen molar-refractivity contribution in [1.82, 2.24) is 9.38 Å². The fraction of sp³-hybridized carbons (Fsp3) is 0.235. The summed E-state index contributed by atoms with van der Waals surface area (Å²) in [7, 11) is 1.50. The Kier molecular flexibility index (Phi) is 3.57. The minimum Gasteiger partial charge on any atom is -0.496 e. The van der Waals surface area contributed by atoms with Crippen LogP contribution in [0.3, 0.4) is 0 Å². The van der Waals surface area contributed by atoms with Gasteiger partial charge in [0, 0.05) is 10.6 Å². The minimum atomic E-state index is -0.391. The molecule has 122 valence electrons. The number of amides is 1. The first kappa shape index (κ1) is 14.9. The van der Waals surface area contributed by atoms with Crippen molar-refractivity contribution < 1.29 is 9.53 Å². The second-order valence-corrected chi connectivity index (χ2v) is 6.64. The normalized spacial score (nSPS) is 13.0. The number of fused-ring (bicyclic) bond motifs is 3. The Morgan fingerprint density at radius 1 is 1.33 bits per heavy atom. The lowest BCUT2D eigenvalue weighted by Crippen LogP contribution is -2.24. The molecule has 0 atom stereocenters. The van der Waals surface area contributed by atoms with Crippen LogP contribution < -0.4 is 15.6 Å². The molecule has 0 radical (unpaired) electrons. The molecule has 1 N–H and O–H groups in total. The van der Waals surface area contributed by atoms with E-state index in [1.807, 2.05) is 0 Å². The van der Waals surface area contributed by atoms with Gasteiger partial charge in [0.2, 0.25) is 0 Å². The number of para-hydroxylation sites is 1. The number of ether oxygens (including phenoxy) is 1. The molecule has 24 heavy (non-hydrogen) atoms. The lowest BCUT2D eigenvalue weighted by atomic mass is 10.2. The van der Waals surface area contributed by atoms with E-state index in [2.05, 4.69) is 10.3 Å². The fourth-order valence-corrected chi connectivity index (χ4v) is 4.18. The number of rotatable bonds is 3. The fourth-order valence-electron chi connectivity index (χ4n) is 3.01. The molecular weight excluding hydrogens is 326 g/mol. The SMILES string of the molecule is COc1ccccc1C(=O)Nc1cnc2sc3c(n2c1=O)CCC3. The van der Waals surface area contributed by atoms with Gasteiger partial charge in [-0.05, 0) is 31.4 Å². The van der Waals surface area contributed by atoms with Crippen molar-refractivity contribution in [3.05, 3.63) is 57.0 Å². The van der Waals surface area contributed by atoms with Crippen LogP contribution in [0, 0.1) is 0 Å². The van der Waals surface area contributed by atoms with Gasteiger partial charge in [0.05, 0.1) is 18.9 Å². The van der Waals surface area contributed by atoms with Crippen molar-refractivity contribution in [1.29, 1.82) is 0 Å². The number of hydrogen-bond donors (Lipinski definition) is 1. The van der Waals surface area contributed by atoms with E-state index < -0.39 is 5.91 Å². The first-order chi connectivity index (χ1) is 11.7. The van der Waals surface area contributed by atoms with E-state index in [4.69, 9.17) is 4.74 Å². The maximum atomic E-state index is 12.8. The highest BCUT2D eigenvalue weighted by Crippen LogP contribution is 2.29. The molecule has 1 aliphatic rings. The van der Waals surface area contributed by atoms with Crippen molar-refractivity contribution in [3.8, 4) is 5.75 Å². The van der Waals surface area contributed by atoms with Gasteiger partial charge in [-0.25, -0.2) is 4.98 Å². The molecule has 0 saturated carbocycles. The highest BCUT2D eigenvalue weighted by atomic mass is 32.1. The lowest BCUT2D eigenvalue weighted by Gasteiger charge is -2.09. The maximum Gasteiger partial charge on any atom is 0.282 e. The summed E-state index contributed by atoms with van der Waals surface area (Å²) in [5.74, 6) is 0.0683. The number of carbonyl (C=O) groups excluding carboxylic acids is 1. The number of hydrogen-bond acceptors (Lipinski definition) is 5. The first-order valence-electron chi connectivity index (χ1n) is 7.65. The standard InChI is InChI=1S/C17H15N3O3S/c1-23-13-7-3-2-5-10(13)15(21)19-11-9-18-17-20(16(11)22)12-6-4-8-14(12)24-17/h2-3,5,7,9H,4,6,8H2,1H3,(H,19,21). The number of carbonyl (C=O) groups is 1. The van der Waals surface area contributed by atoms with E-state index in [-0.39, 0.29) is 11.2 Å². The number of aromatic nitrogens is 2. The molecule has 2 aromatic heterocycles. The van der Waals surface area contributed by atoms with Crippen molar-refractivity contribution in [3.63, 3.8) is 0 Å². The van der Waals surface area contributed by atoms with Crippen molar-refractivity contribution >= 4 is 27.9 Å². The molecule has 0 spiro atoms. The summed E-state index contributed by atoms with van der Waals surface area (Å²) in [6, 6.07) is 6.89. The topological polar surface area (TPSA) is 72.7 Å². The second-order valence-electron chi connectivity index (χ2n) is 5.57. The van der Waals surface area contributed by atoms with Gasteiger partial charge >= 0.3 is 0 Å². The molecular formula is C17H15N3O3S. The van der Waals surface area contributed by atoms with Crippen LogP contribution in [0.1, 0.15) is 27.3 Å². The smallest absolute Gasteiger partial charge is 0.282 e. The third kappa shape index (κ3) is 2.28. The Bertz CT molecular complexity index is 1010. The predicted molar refractivity (Wildman–Crippen MR) is 92.3 cm³/mol. The lowest BCUT2D eigenvalue weighted by molar-refractivity contribution is 0.102. The Morgan fingerprint density at radius 2 is 2.17 bits per heavy atom. The van der Waals surface area contributed by atoms with Crippen LogP contribution >= 0.6 is 11.3 Å². The Labute approximate surface area is 141 Å². The molecule has 0 fully saturated rings. The van der Waals surface area contributed by atoms with Gasteiger partial charge in [0.25, 0.3) is 11.5 Å². The molecule has 6 nitrogen and oxygen atoms in total. The number of methoxy groups -OCH3 is 1. The molecule has 0 saturated heterocycles. The van der Waals surface area contributed by atoms with Crippen LogP contribution in [0.25, 0.3) is 4.96 Å². The summed E-state index contributed by atoms with van der Waals surface area (Å²) >= 11 is 1.55. The van der Waals surface area contributed by atoms with E-state index in [1.54, 1.807) is 40.0 Å². The quantitative estimate of drug-likeness (QED) is 0.794. The number of nitrogens with zero attached hydrogens (tertiary/aromatic N) is 2. The molecule has 7 heteroatoms. The summed E-state index contributed by atoms with van der Waals surface area (Å²) in [6.45, 7) is 0. The number of nitrogens with one attached hydrogen (secondary N) is 1. The summed E-state index contributed by atoms with van der Waals surface area (Å²) in [4.78, 5) is 31.5. The van der Waals surface area contributed by atoms with Gasteiger partial charge in [0.15, 0.2) is 4.96 Å². The van der Waals surface area contributed by atoms with Crippen molar-refractivity contribution in [2.24, 2.45) is 0 Å². The first-order valence-corrected chi connectivity index (χ1v) is 8.47. The number of thiazole rings is 1. The zero-order chi connectivity index (χ0) is 16.7. The van der Waals surface area contributed by atoms with Gasteiger partial charge in [-0.15, -0.1) is 11.3 Å². The van der Waals surface area contributed by atoms with Gasteiger partial charge < -0.3 is 10.1 Å². The highest BCUT2D eigenvalue weighted by Gasteiger charge is 2.21.